The van der Waals surface area contributed by atoms with Gasteiger partial charge in [-0.3, -0.25) is 9.59 Å². The molecule has 11 heteroatoms. The van der Waals surface area contributed by atoms with Crippen molar-refractivity contribution in [3.05, 3.63) is 93.0 Å². The number of aliphatic hydroxyl groups excluding tert-OH is 6. The van der Waals surface area contributed by atoms with E-state index in [0.717, 1.165) is 18.2 Å². The van der Waals surface area contributed by atoms with E-state index in [1.54, 1.807) is 6.92 Å². The molecule has 0 spiro atoms. The number of carbonyl (C=O) groups is 2. The maximum atomic E-state index is 11.8. The zero-order valence-electron chi connectivity index (χ0n) is 19.3. The van der Waals surface area contributed by atoms with Crippen LogP contribution in [0.2, 0.25) is 0 Å². The van der Waals surface area contributed by atoms with Gasteiger partial charge in [0, 0.05) is 37.0 Å². The van der Waals surface area contributed by atoms with E-state index in [2.05, 4.69) is 4.84 Å². The summed E-state index contributed by atoms with van der Waals surface area (Å²) in [5, 5.41) is 60.7. The fraction of sp³-hybridized carbons (Fsp3) is 0.250. The van der Waals surface area contributed by atoms with Crippen molar-refractivity contribution in [3.8, 4) is 0 Å². The van der Waals surface area contributed by atoms with Crippen LogP contribution in [0.4, 0.5) is 0 Å². The SMILES string of the molecule is C/C=C(\C=C(/O)C1=C(O)C=C(O)CC=C1OC=O)C(/C=O)=C(\O)C/C(CO)=C(/C=C(/O)CC)ON. The molecule has 11 nitrogen and oxygen atoms in total. The van der Waals surface area contributed by atoms with E-state index in [4.69, 9.17) is 10.6 Å². The van der Waals surface area contributed by atoms with Crippen molar-refractivity contribution in [1.29, 1.82) is 0 Å². The number of aliphatic hydroxyl groups is 6. The van der Waals surface area contributed by atoms with Crippen molar-refractivity contribution in [2.24, 2.45) is 5.90 Å². The van der Waals surface area contributed by atoms with Crippen molar-refractivity contribution < 1.29 is 49.8 Å². The van der Waals surface area contributed by atoms with E-state index in [9.17, 15) is 40.2 Å². The highest BCUT2D eigenvalue weighted by atomic mass is 16.6. The summed E-state index contributed by atoms with van der Waals surface area (Å²) in [6.45, 7) is 2.60. The van der Waals surface area contributed by atoms with Gasteiger partial charge < -0.3 is 40.2 Å². The van der Waals surface area contributed by atoms with Crippen LogP contribution in [0.5, 0.6) is 0 Å². The number of ether oxygens (including phenoxy) is 1. The molecule has 0 amide bonds. The first-order chi connectivity index (χ1) is 16.7. The molecule has 0 saturated heterocycles. The Bertz CT molecular complexity index is 1070. The Morgan fingerprint density at radius 1 is 1.17 bits per heavy atom. The molecule has 0 heterocycles. The maximum absolute atomic E-state index is 11.8. The number of nitrogens with two attached hydrogens (primary N) is 1. The number of rotatable bonds is 12. The van der Waals surface area contributed by atoms with E-state index in [-0.39, 0.29) is 64.6 Å². The van der Waals surface area contributed by atoms with Crippen LogP contribution in [-0.4, -0.2) is 50.0 Å². The lowest BCUT2D eigenvalue weighted by Gasteiger charge is -2.13. The molecule has 0 bridgehead atoms. The van der Waals surface area contributed by atoms with E-state index in [0.29, 0.717) is 6.29 Å². The van der Waals surface area contributed by atoms with Crippen molar-refractivity contribution >= 4 is 12.8 Å². The molecule has 0 fully saturated rings. The molecule has 0 unspecified atom stereocenters. The normalized spacial score (nSPS) is 17.0. The summed E-state index contributed by atoms with van der Waals surface area (Å²) < 4.78 is 4.79. The Kier molecular flexibility index (Phi) is 11.6. The van der Waals surface area contributed by atoms with E-state index < -0.39 is 30.3 Å². The fourth-order valence-corrected chi connectivity index (χ4v) is 2.96. The Morgan fingerprint density at radius 2 is 1.86 bits per heavy atom. The fourth-order valence-electron chi connectivity index (χ4n) is 2.96. The van der Waals surface area contributed by atoms with Crippen LogP contribution in [0.3, 0.4) is 0 Å². The van der Waals surface area contributed by atoms with Gasteiger partial charge in [-0.15, -0.1) is 0 Å². The summed E-state index contributed by atoms with van der Waals surface area (Å²) in [5.41, 5.74) is -0.598. The van der Waals surface area contributed by atoms with Crippen LogP contribution in [0.15, 0.2) is 93.0 Å². The van der Waals surface area contributed by atoms with Crippen molar-refractivity contribution in [1.82, 2.24) is 0 Å². The van der Waals surface area contributed by atoms with Crippen LogP contribution in [-0.2, 0) is 19.2 Å². The molecule has 0 radical (unpaired) electrons. The lowest BCUT2D eigenvalue weighted by atomic mass is 9.99. The number of hydrogen-bond acceptors (Lipinski definition) is 11. The van der Waals surface area contributed by atoms with Gasteiger partial charge in [0.15, 0.2) is 12.0 Å². The molecule has 35 heavy (non-hydrogen) atoms. The second-order valence-electron chi connectivity index (χ2n) is 7.04. The van der Waals surface area contributed by atoms with E-state index >= 15 is 0 Å². The van der Waals surface area contributed by atoms with Gasteiger partial charge in [0.05, 0.1) is 23.7 Å². The third-order valence-corrected chi connectivity index (χ3v) is 4.78. The molecular formula is C24H29NO10. The molecule has 1 aliphatic rings. The predicted molar refractivity (Wildman–Crippen MR) is 125 cm³/mol. The summed E-state index contributed by atoms with van der Waals surface area (Å²) in [5.74, 6) is 2.67. The first-order valence-corrected chi connectivity index (χ1v) is 10.3. The van der Waals surface area contributed by atoms with E-state index in [1.165, 1.54) is 19.1 Å². The Balaban J connectivity index is 3.56. The van der Waals surface area contributed by atoms with Gasteiger partial charge in [-0.1, -0.05) is 13.0 Å². The van der Waals surface area contributed by atoms with E-state index in [1.807, 2.05) is 0 Å². The quantitative estimate of drug-likeness (QED) is 0.0693. The zero-order chi connectivity index (χ0) is 26.5. The summed E-state index contributed by atoms with van der Waals surface area (Å²) in [6, 6.07) is 0. The first-order valence-electron chi connectivity index (χ1n) is 10.3. The predicted octanol–water partition coefficient (Wildman–Crippen LogP) is 3.48. The van der Waals surface area contributed by atoms with Crippen LogP contribution >= 0.6 is 0 Å². The summed E-state index contributed by atoms with van der Waals surface area (Å²) >= 11 is 0. The molecule has 8 N–H and O–H groups in total. The molecule has 1 aliphatic carbocycles. The number of allylic oxidation sites excluding steroid dienone is 9. The van der Waals surface area contributed by atoms with Gasteiger partial charge in [0.2, 0.25) is 0 Å². The third-order valence-electron chi connectivity index (χ3n) is 4.78. The van der Waals surface area contributed by atoms with Crippen molar-refractivity contribution in [2.45, 2.75) is 33.1 Å². The molecule has 190 valence electrons. The number of carbonyl (C=O) groups excluding carboxylic acids is 2. The Labute approximate surface area is 201 Å². The highest BCUT2D eigenvalue weighted by molar-refractivity contribution is 5.83. The number of hydrogen-bond donors (Lipinski definition) is 7. The van der Waals surface area contributed by atoms with Gasteiger partial charge in [-0.2, -0.15) is 5.90 Å². The van der Waals surface area contributed by atoms with Crippen molar-refractivity contribution in [3.63, 3.8) is 0 Å². The van der Waals surface area contributed by atoms with Gasteiger partial charge in [-0.05, 0) is 24.6 Å². The Morgan fingerprint density at radius 3 is 2.37 bits per heavy atom. The molecule has 0 aromatic rings. The molecular weight excluding hydrogens is 462 g/mol. The number of aldehydes is 1. The zero-order valence-corrected chi connectivity index (χ0v) is 19.3. The Hall–Kier alpha value is -4.22. The molecule has 0 saturated carbocycles. The van der Waals surface area contributed by atoms with Gasteiger partial charge >= 0.3 is 0 Å². The van der Waals surface area contributed by atoms with Gasteiger partial charge in [0.1, 0.15) is 28.6 Å². The smallest absolute Gasteiger partial charge is 0.298 e. The average molecular weight is 491 g/mol. The molecule has 1 rings (SSSR count). The minimum absolute atomic E-state index is 0.00217. The summed E-state index contributed by atoms with van der Waals surface area (Å²) in [4.78, 5) is 27.4. The first kappa shape index (κ1) is 28.8. The largest absolute Gasteiger partial charge is 0.512 e. The van der Waals surface area contributed by atoms with Gasteiger partial charge in [0.25, 0.3) is 6.47 Å². The van der Waals surface area contributed by atoms with Crippen molar-refractivity contribution in [2.75, 3.05) is 6.61 Å². The van der Waals surface area contributed by atoms with Crippen LogP contribution < -0.4 is 5.90 Å². The standard InChI is InChI=1S/C24H29NO10/c1-3-14(7-20(32)24-21(33)9-17(30)5-6-22(24)34-13-28)18(12-27)19(31)8-15(11-26)23(35-25)10-16(29)4-2/h3,6-7,9-10,12-13,26,29-33H,4-5,8,11,25H2,1-2H3/b14-3+,16-10+,19-18-,20-7-,23-15+. The molecule has 0 aromatic carbocycles. The molecule has 0 aromatic heterocycles. The minimum Gasteiger partial charge on any atom is -0.512 e. The van der Waals surface area contributed by atoms with Crippen LogP contribution in [0.1, 0.15) is 33.1 Å². The highest BCUT2D eigenvalue weighted by Gasteiger charge is 2.22. The molecule has 0 aliphatic heterocycles. The lowest BCUT2D eigenvalue weighted by Crippen LogP contribution is -2.08. The maximum Gasteiger partial charge on any atom is 0.298 e. The third kappa shape index (κ3) is 7.95. The molecule has 0 atom stereocenters. The topological polar surface area (TPSA) is 200 Å². The average Bonchev–Trinajstić information content (AvgIpc) is 2.97. The monoisotopic (exact) mass is 491 g/mol. The second-order valence-corrected chi connectivity index (χ2v) is 7.04. The second kappa shape index (κ2) is 14.1. The summed E-state index contributed by atoms with van der Waals surface area (Å²) in [6.07, 6.45) is 5.81. The highest BCUT2D eigenvalue weighted by Crippen LogP contribution is 2.29. The van der Waals surface area contributed by atoms with Crippen LogP contribution in [0, 0.1) is 0 Å². The lowest BCUT2D eigenvalue weighted by molar-refractivity contribution is -0.124. The van der Waals surface area contributed by atoms with Gasteiger partial charge in [-0.25, -0.2) is 0 Å². The van der Waals surface area contributed by atoms with Crippen LogP contribution in [0.25, 0.3) is 0 Å². The minimum atomic E-state index is -0.651. The summed E-state index contributed by atoms with van der Waals surface area (Å²) in [7, 11) is 0.